The summed E-state index contributed by atoms with van der Waals surface area (Å²) < 4.78 is 0. The van der Waals surface area contributed by atoms with Gasteiger partial charge in [-0.1, -0.05) is 12.1 Å². The van der Waals surface area contributed by atoms with E-state index in [-0.39, 0.29) is 24.3 Å². The second-order valence-corrected chi connectivity index (χ2v) is 8.15. The molecule has 1 aromatic carbocycles. The summed E-state index contributed by atoms with van der Waals surface area (Å²) in [6.45, 7) is 0. The molecule has 4 amide bonds. The first-order valence-corrected chi connectivity index (χ1v) is 11.3. The van der Waals surface area contributed by atoms with Crippen molar-refractivity contribution < 1.29 is 44.1 Å². The number of phenolic OH excluding ortho intramolecular Hbond substituents is 1. The maximum atomic E-state index is 12.7. The van der Waals surface area contributed by atoms with E-state index < -0.39 is 72.6 Å². The Bertz CT molecular complexity index is 973. The minimum Gasteiger partial charge on any atom is -0.508 e. The molecule has 0 aliphatic heterocycles. The van der Waals surface area contributed by atoms with E-state index in [0.29, 0.717) is 5.56 Å². The number of carbonyl (C=O) groups is 6. The summed E-state index contributed by atoms with van der Waals surface area (Å²) in [7, 11) is 0. The summed E-state index contributed by atoms with van der Waals surface area (Å²) >= 11 is 4.00. The Morgan fingerprint density at radius 3 is 1.89 bits per heavy atom. The topological polar surface area (TPSA) is 251 Å². The maximum Gasteiger partial charge on any atom is 0.326 e. The second kappa shape index (κ2) is 14.5. The molecule has 0 saturated carbocycles. The zero-order valence-electron chi connectivity index (χ0n) is 19.0. The number of benzene rings is 1. The number of carboxylic acids is 2. The number of nitrogens with one attached hydrogen (secondary N) is 3. The fourth-order valence-corrected chi connectivity index (χ4v) is 3.19. The van der Waals surface area contributed by atoms with Gasteiger partial charge in [-0.15, -0.1) is 0 Å². The molecule has 0 radical (unpaired) electrons. The van der Waals surface area contributed by atoms with Crippen molar-refractivity contribution in [2.45, 2.75) is 49.9 Å². The van der Waals surface area contributed by atoms with Crippen LogP contribution in [-0.4, -0.2) is 80.8 Å². The fourth-order valence-electron chi connectivity index (χ4n) is 2.93. The zero-order chi connectivity index (χ0) is 27.4. The quantitative estimate of drug-likeness (QED) is 0.108. The molecule has 10 N–H and O–H groups in total. The van der Waals surface area contributed by atoms with Crippen molar-refractivity contribution in [3.8, 4) is 5.75 Å². The highest BCUT2D eigenvalue weighted by molar-refractivity contribution is 7.80. The van der Waals surface area contributed by atoms with Crippen molar-refractivity contribution in [2.75, 3.05) is 5.75 Å². The minimum atomic E-state index is -1.44. The smallest absolute Gasteiger partial charge is 0.326 e. The summed E-state index contributed by atoms with van der Waals surface area (Å²) in [5.74, 6) is -6.53. The molecule has 0 heterocycles. The number of hydrogen-bond acceptors (Lipinski definition) is 9. The van der Waals surface area contributed by atoms with Crippen LogP contribution in [0.25, 0.3) is 0 Å². The lowest BCUT2D eigenvalue weighted by Crippen LogP contribution is -2.58. The van der Waals surface area contributed by atoms with Gasteiger partial charge >= 0.3 is 11.9 Å². The van der Waals surface area contributed by atoms with E-state index in [1.54, 1.807) is 0 Å². The standard InChI is InChI=1S/C21H29N5O9S/c22-12(8-16(23)28)18(31)24-13(5-6-17(29)30)19(32)26-15(9-36)20(33)25-14(21(34)35)7-10-1-3-11(27)4-2-10/h1-4,12-15,27,36H,5-9,22H2,(H2,23,28)(H,24,31)(H,25,33)(H,26,32)(H,29,30)(H,34,35). The number of rotatable bonds is 15. The summed E-state index contributed by atoms with van der Waals surface area (Å²) in [5.41, 5.74) is 11.0. The summed E-state index contributed by atoms with van der Waals surface area (Å²) in [5, 5.41) is 34.6. The van der Waals surface area contributed by atoms with Crippen LogP contribution in [0, 0.1) is 0 Å². The molecule has 1 aromatic rings. The summed E-state index contributed by atoms with van der Waals surface area (Å²) in [6, 6.07) is 0.128. The maximum absolute atomic E-state index is 12.7. The zero-order valence-corrected chi connectivity index (χ0v) is 19.9. The minimum absolute atomic E-state index is 0.0207. The summed E-state index contributed by atoms with van der Waals surface area (Å²) in [4.78, 5) is 71.2. The molecule has 0 saturated heterocycles. The normalized spacial score (nSPS) is 13.9. The Morgan fingerprint density at radius 2 is 1.39 bits per heavy atom. The molecule has 15 heteroatoms. The first-order chi connectivity index (χ1) is 16.8. The van der Waals surface area contributed by atoms with Crippen LogP contribution in [0.1, 0.15) is 24.8 Å². The van der Waals surface area contributed by atoms with Gasteiger partial charge in [0.1, 0.15) is 23.9 Å². The van der Waals surface area contributed by atoms with Gasteiger partial charge < -0.3 is 42.7 Å². The van der Waals surface area contributed by atoms with E-state index in [4.69, 9.17) is 16.6 Å². The van der Waals surface area contributed by atoms with Gasteiger partial charge in [0, 0.05) is 18.6 Å². The van der Waals surface area contributed by atoms with Crippen LogP contribution in [-0.2, 0) is 35.2 Å². The molecule has 1 rings (SSSR count). The average Bonchev–Trinajstić information content (AvgIpc) is 2.79. The van der Waals surface area contributed by atoms with Crippen LogP contribution in [0.3, 0.4) is 0 Å². The number of phenols is 1. The van der Waals surface area contributed by atoms with E-state index in [1.807, 2.05) is 0 Å². The number of aromatic hydroxyl groups is 1. The average molecular weight is 528 g/mol. The number of carbonyl (C=O) groups excluding carboxylic acids is 4. The van der Waals surface area contributed by atoms with Gasteiger partial charge in [0.05, 0.1) is 12.5 Å². The third kappa shape index (κ3) is 10.6. The molecule has 4 unspecified atom stereocenters. The van der Waals surface area contributed by atoms with Gasteiger partial charge in [0.25, 0.3) is 0 Å². The molecule has 0 bridgehead atoms. The largest absolute Gasteiger partial charge is 0.508 e. The highest BCUT2D eigenvalue weighted by atomic mass is 32.1. The predicted molar refractivity (Wildman–Crippen MR) is 128 cm³/mol. The molecule has 0 spiro atoms. The Balaban J connectivity index is 2.91. The summed E-state index contributed by atoms with van der Waals surface area (Å²) in [6.07, 6.45) is -1.52. The molecular formula is C21H29N5O9S. The van der Waals surface area contributed by atoms with Crippen molar-refractivity contribution in [3.05, 3.63) is 29.8 Å². The van der Waals surface area contributed by atoms with E-state index in [9.17, 15) is 39.0 Å². The van der Waals surface area contributed by atoms with Gasteiger partial charge in [0.15, 0.2) is 0 Å². The van der Waals surface area contributed by atoms with Gasteiger partial charge in [0.2, 0.25) is 23.6 Å². The molecular weight excluding hydrogens is 498 g/mol. The molecule has 0 aliphatic carbocycles. The van der Waals surface area contributed by atoms with E-state index >= 15 is 0 Å². The predicted octanol–water partition coefficient (Wildman–Crippen LogP) is -2.53. The molecule has 14 nitrogen and oxygen atoms in total. The van der Waals surface area contributed by atoms with Crippen LogP contribution in [0.4, 0.5) is 0 Å². The number of thiol groups is 1. The van der Waals surface area contributed by atoms with Crippen molar-refractivity contribution in [1.29, 1.82) is 0 Å². The molecule has 0 fully saturated rings. The SMILES string of the molecule is NC(=O)CC(N)C(=O)NC(CCC(=O)O)C(=O)NC(CS)C(=O)NC(Cc1ccc(O)cc1)C(=O)O. The first kappa shape index (κ1) is 30.2. The number of amides is 4. The third-order valence-electron chi connectivity index (χ3n) is 4.84. The second-order valence-electron chi connectivity index (χ2n) is 7.78. The van der Waals surface area contributed by atoms with Gasteiger partial charge in [-0.2, -0.15) is 12.6 Å². The number of carboxylic acid groups (broad SMARTS) is 2. The van der Waals surface area contributed by atoms with E-state index in [2.05, 4.69) is 28.6 Å². The number of nitrogens with two attached hydrogens (primary N) is 2. The van der Waals surface area contributed by atoms with Crippen LogP contribution in [0.2, 0.25) is 0 Å². The van der Waals surface area contributed by atoms with Crippen LogP contribution in [0.5, 0.6) is 5.75 Å². The van der Waals surface area contributed by atoms with E-state index in [1.165, 1.54) is 24.3 Å². The van der Waals surface area contributed by atoms with Gasteiger partial charge in [-0.05, 0) is 24.1 Å². The number of primary amides is 1. The van der Waals surface area contributed by atoms with Gasteiger partial charge in [-0.25, -0.2) is 4.79 Å². The Hall–Kier alpha value is -3.85. The van der Waals surface area contributed by atoms with Crippen molar-refractivity contribution in [2.24, 2.45) is 11.5 Å². The monoisotopic (exact) mass is 527 g/mol. The van der Waals surface area contributed by atoms with E-state index in [0.717, 1.165) is 0 Å². The van der Waals surface area contributed by atoms with Gasteiger partial charge in [-0.3, -0.25) is 24.0 Å². The van der Waals surface area contributed by atoms with Crippen LogP contribution in [0.15, 0.2) is 24.3 Å². The molecule has 4 atom stereocenters. The Kier molecular flexibility index (Phi) is 12.2. The lowest BCUT2D eigenvalue weighted by atomic mass is 10.1. The number of hydrogen-bond donors (Lipinski definition) is 9. The molecule has 36 heavy (non-hydrogen) atoms. The van der Waals surface area contributed by atoms with Crippen LogP contribution < -0.4 is 27.4 Å². The van der Waals surface area contributed by atoms with Crippen molar-refractivity contribution in [1.82, 2.24) is 16.0 Å². The van der Waals surface area contributed by atoms with Crippen LogP contribution >= 0.6 is 12.6 Å². The van der Waals surface area contributed by atoms with Crippen molar-refractivity contribution >= 4 is 48.2 Å². The molecule has 0 aromatic heterocycles. The Labute approximate surface area is 211 Å². The Morgan fingerprint density at radius 1 is 0.861 bits per heavy atom. The lowest BCUT2D eigenvalue weighted by molar-refractivity contribution is -0.142. The van der Waals surface area contributed by atoms with Crippen molar-refractivity contribution in [3.63, 3.8) is 0 Å². The third-order valence-corrected chi connectivity index (χ3v) is 5.21. The first-order valence-electron chi connectivity index (χ1n) is 10.6. The molecule has 0 aliphatic rings. The molecule has 198 valence electrons. The number of aliphatic carboxylic acids is 2. The highest BCUT2D eigenvalue weighted by Gasteiger charge is 2.30. The highest BCUT2D eigenvalue weighted by Crippen LogP contribution is 2.12. The lowest BCUT2D eigenvalue weighted by Gasteiger charge is -2.24. The fraction of sp³-hybridized carbons (Fsp3) is 0.429.